The van der Waals surface area contributed by atoms with Crippen molar-refractivity contribution in [3.63, 3.8) is 0 Å². The molecule has 0 aliphatic carbocycles. The molecule has 12 rings (SSSR count). The molecule has 11 aromatic rings. The van der Waals surface area contributed by atoms with Gasteiger partial charge in [-0.25, -0.2) is 9.98 Å². The predicted molar refractivity (Wildman–Crippen MR) is 264 cm³/mol. The van der Waals surface area contributed by atoms with Crippen LogP contribution in [0, 0.1) is 5.92 Å². The predicted octanol–water partition coefficient (Wildman–Crippen LogP) is 15.5. The van der Waals surface area contributed by atoms with Crippen LogP contribution in [0.15, 0.2) is 227 Å². The Labute approximate surface area is 365 Å². The van der Waals surface area contributed by atoms with Gasteiger partial charge in [0.25, 0.3) is 0 Å². The van der Waals surface area contributed by atoms with E-state index in [1.165, 1.54) is 32.7 Å². The minimum absolute atomic E-state index is 0.0727. The molecule has 298 valence electrons. The number of rotatable bonds is 6. The maximum absolute atomic E-state index is 6.64. The normalized spacial score (nSPS) is 17.0. The molecule has 0 saturated heterocycles. The summed E-state index contributed by atoms with van der Waals surface area (Å²) in [5.74, 6) is 0.736. The highest BCUT2D eigenvalue weighted by Gasteiger charge is 2.25. The van der Waals surface area contributed by atoms with Crippen LogP contribution in [0.2, 0.25) is 0 Å². The smallest absolute Gasteiger partial charge is 0.160 e. The Morgan fingerprint density at radius 3 is 1.87 bits per heavy atom. The second kappa shape index (κ2) is 15.1. The fourth-order valence-electron chi connectivity index (χ4n) is 9.54. The number of hydrogen-bond acceptors (Lipinski definition) is 3. The summed E-state index contributed by atoms with van der Waals surface area (Å²) in [7, 11) is 0. The molecule has 0 N–H and O–H groups in total. The molecule has 1 aliphatic rings. The fraction of sp³-hybridized carbons (Fsp3) is 0.0508. The van der Waals surface area contributed by atoms with Gasteiger partial charge in [0.15, 0.2) is 5.84 Å². The number of benzene rings is 9. The van der Waals surface area contributed by atoms with Crippen LogP contribution in [-0.2, 0) is 0 Å². The highest BCUT2D eigenvalue weighted by Crippen LogP contribution is 2.43. The third-order valence-electron chi connectivity index (χ3n) is 12.7. The van der Waals surface area contributed by atoms with E-state index in [-0.39, 0.29) is 5.92 Å². The molecule has 4 heteroatoms. The zero-order valence-electron chi connectivity index (χ0n) is 34.7. The minimum Gasteiger partial charge on any atom is -0.456 e. The van der Waals surface area contributed by atoms with E-state index in [0.29, 0.717) is 5.84 Å². The van der Waals surface area contributed by atoms with E-state index in [1.807, 2.05) is 6.07 Å². The van der Waals surface area contributed by atoms with Gasteiger partial charge in [0.2, 0.25) is 0 Å². The first-order chi connectivity index (χ1) is 31.1. The van der Waals surface area contributed by atoms with E-state index >= 15 is 0 Å². The summed E-state index contributed by atoms with van der Waals surface area (Å²) in [6.45, 7) is 2.29. The Morgan fingerprint density at radius 1 is 0.460 bits per heavy atom. The van der Waals surface area contributed by atoms with E-state index < -0.39 is 0 Å². The first-order valence-electron chi connectivity index (χ1n) is 21.7. The Hall–Kier alpha value is -8.08. The lowest BCUT2D eigenvalue weighted by molar-refractivity contribution is 0.669. The van der Waals surface area contributed by atoms with Crippen molar-refractivity contribution in [3.8, 4) is 27.9 Å². The van der Waals surface area contributed by atoms with Crippen LogP contribution in [0.4, 0.5) is 0 Å². The van der Waals surface area contributed by atoms with Gasteiger partial charge in [0.05, 0.1) is 28.1 Å². The summed E-state index contributed by atoms with van der Waals surface area (Å²) in [6, 6.07) is 73.3. The molecular formula is C59H41N3O. The van der Waals surface area contributed by atoms with Gasteiger partial charge >= 0.3 is 0 Å². The summed E-state index contributed by atoms with van der Waals surface area (Å²) in [4.78, 5) is 11.3. The van der Waals surface area contributed by atoms with Crippen molar-refractivity contribution in [2.45, 2.75) is 13.3 Å². The monoisotopic (exact) mass is 807 g/mol. The standard InChI is InChI=1S/C59H41N3O/c1-38-27-32-50(60-59(42-30-28-41(29-31-42)39-15-4-2-5-16-39)61-58(38)46-22-14-21-43(35-46)40-17-6-3-7-18-40)57-52(33-34-55-56(57)48-24-11-13-26-54(48)63-55)62-51-25-12-10-23-47(51)49-36-44-19-8-9-20-45(44)37-53(49)62/h2-26,28-38H,27H2,1H3/b50-32+,60-59-,61-58+. The molecule has 0 bridgehead atoms. The maximum atomic E-state index is 6.64. The van der Waals surface area contributed by atoms with Crippen LogP contribution >= 0.6 is 0 Å². The summed E-state index contributed by atoms with van der Waals surface area (Å²) in [5, 5.41) is 6.92. The zero-order chi connectivity index (χ0) is 41.9. The lowest BCUT2D eigenvalue weighted by atomic mass is 9.91. The van der Waals surface area contributed by atoms with Gasteiger partial charge in [0, 0.05) is 38.6 Å². The average Bonchev–Trinajstić information content (AvgIpc) is 3.88. The molecule has 1 atom stereocenters. The van der Waals surface area contributed by atoms with Crippen molar-refractivity contribution in [3.05, 3.63) is 229 Å². The second-order valence-electron chi connectivity index (χ2n) is 16.5. The van der Waals surface area contributed by atoms with Crippen molar-refractivity contribution >= 4 is 71.8 Å². The van der Waals surface area contributed by atoms with Crippen molar-refractivity contribution in [2.24, 2.45) is 15.9 Å². The Bertz CT molecular complexity index is 3640. The van der Waals surface area contributed by atoms with Gasteiger partial charge in [-0.2, -0.15) is 0 Å². The number of amidine groups is 1. The number of aliphatic imine (C=N–C) groups is 2. The van der Waals surface area contributed by atoms with Gasteiger partial charge < -0.3 is 8.98 Å². The third kappa shape index (κ3) is 6.38. The molecule has 3 heterocycles. The third-order valence-corrected chi connectivity index (χ3v) is 12.7. The molecule has 0 fully saturated rings. The second-order valence-corrected chi connectivity index (χ2v) is 16.5. The van der Waals surface area contributed by atoms with Crippen molar-refractivity contribution in [1.29, 1.82) is 0 Å². The summed E-state index contributed by atoms with van der Waals surface area (Å²) < 4.78 is 9.08. The maximum Gasteiger partial charge on any atom is 0.160 e. The van der Waals surface area contributed by atoms with Crippen molar-refractivity contribution in [1.82, 2.24) is 4.57 Å². The van der Waals surface area contributed by atoms with Gasteiger partial charge in [-0.05, 0) is 87.5 Å². The van der Waals surface area contributed by atoms with Crippen LogP contribution in [0.3, 0.4) is 0 Å². The Morgan fingerprint density at radius 2 is 1.08 bits per heavy atom. The van der Waals surface area contributed by atoms with Crippen LogP contribution in [0.5, 0.6) is 0 Å². The van der Waals surface area contributed by atoms with Crippen LogP contribution in [-0.4, -0.2) is 16.1 Å². The van der Waals surface area contributed by atoms with Gasteiger partial charge in [0.1, 0.15) is 11.2 Å². The van der Waals surface area contributed by atoms with Crippen LogP contribution in [0.25, 0.3) is 88.2 Å². The van der Waals surface area contributed by atoms with E-state index in [9.17, 15) is 0 Å². The lowest BCUT2D eigenvalue weighted by Crippen LogP contribution is -2.17. The first kappa shape index (κ1) is 36.7. The molecule has 0 saturated carbocycles. The van der Waals surface area contributed by atoms with Crippen LogP contribution in [0.1, 0.15) is 30.0 Å². The summed E-state index contributed by atoms with van der Waals surface area (Å²) >= 11 is 0. The van der Waals surface area contributed by atoms with Crippen LogP contribution < -0.4 is 0 Å². The van der Waals surface area contributed by atoms with E-state index in [1.54, 1.807) is 0 Å². The van der Waals surface area contributed by atoms with Gasteiger partial charge in [-0.1, -0.05) is 177 Å². The van der Waals surface area contributed by atoms with Gasteiger partial charge in [-0.15, -0.1) is 0 Å². The Kier molecular flexibility index (Phi) is 8.82. The summed E-state index contributed by atoms with van der Waals surface area (Å²) in [5.41, 5.74) is 14.6. The lowest BCUT2D eigenvalue weighted by Gasteiger charge is -2.21. The highest BCUT2D eigenvalue weighted by molar-refractivity contribution is 6.19. The number of hydrogen-bond donors (Lipinski definition) is 0. The highest BCUT2D eigenvalue weighted by atomic mass is 16.3. The fourth-order valence-corrected chi connectivity index (χ4v) is 9.54. The van der Waals surface area contributed by atoms with E-state index in [2.05, 4.69) is 218 Å². The van der Waals surface area contributed by atoms with Gasteiger partial charge in [-0.3, -0.25) is 0 Å². The molecule has 9 aromatic carbocycles. The number of para-hydroxylation sites is 2. The SMILES string of the molecule is CC1C/C=C(c2c(-n3c4ccccc4c4cc5ccccc5cc43)ccc3oc4ccccc4c23)/N=C(c2ccc(-c3ccccc3)cc2)\N=C/1c1cccc(-c2ccccc2)c1. The van der Waals surface area contributed by atoms with E-state index in [4.69, 9.17) is 14.4 Å². The molecule has 1 aliphatic heterocycles. The number of furan rings is 1. The zero-order valence-corrected chi connectivity index (χ0v) is 34.7. The Balaban J connectivity index is 1.13. The molecule has 0 spiro atoms. The number of aromatic nitrogens is 1. The molecule has 63 heavy (non-hydrogen) atoms. The number of fused-ring (bicyclic) bond motifs is 7. The molecule has 4 nitrogen and oxygen atoms in total. The molecule has 0 amide bonds. The molecular weight excluding hydrogens is 767 g/mol. The quantitative estimate of drug-likeness (QED) is 0.165. The molecule has 1 unspecified atom stereocenters. The first-order valence-corrected chi connectivity index (χ1v) is 21.7. The minimum atomic E-state index is 0.0727. The molecule has 0 radical (unpaired) electrons. The largest absolute Gasteiger partial charge is 0.456 e. The average molecular weight is 808 g/mol. The summed E-state index contributed by atoms with van der Waals surface area (Å²) in [6.07, 6.45) is 3.07. The number of allylic oxidation sites excluding steroid dienone is 1. The van der Waals surface area contributed by atoms with Crippen molar-refractivity contribution in [2.75, 3.05) is 0 Å². The van der Waals surface area contributed by atoms with E-state index in [0.717, 1.165) is 84.3 Å². The topological polar surface area (TPSA) is 42.8 Å². The number of nitrogens with zero attached hydrogens (tertiary/aromatic N) is 3. The molecule has 2 aromatic heterocycles. The van der Waals surface area contributed by atoms with Crippen molar-refractivity contribution < 1.29 is 4.42 Å².